The molecule has 2 fully saturated rings. The number of carbonyl (C=O) groups is 1. The van der Waals surface area contributed by atoms with Gasteiger partial charge in [-0.15, -0.1) is 0 Å². The highest BCUT2D eigenvalue weighted by Crippen LogP contribution is 2.42. The molecule has 10 heteroatoms. The molecule has 0 radical (unpaired) electrons. The normalized spacial score (nSPS) is 25.8. The SMILES string of the molecule is COCCCC[C@@](O)(c1cccc(Cl)c1F)[C@@H]1CCCN(C(=O)N[C@H](CN)[C@@H](O)[C@H]2CC[C@H](F)CC2)C1. The number of nitrogens with two attached hydrogens (primary N) is 1. The summed E-state index contributed by atoms with van der Waals surface area (Å²) >= 11 is 6.06. The predicted octanol–water partition coefficient (Wildman–Crippen LogP) is 4.12. The number of aliphatic hydroxyl groups excluding tert-OH is 1. The lowest BCUT2D eigenvalue weighted by atomic mass is 9.74. The van der Waals surface area contributed by atoms with Gasteiger partial charge < -0.3 is 30.9 Å². The Morgan fingerprint density at radius 1 is 1.30 bits per heavy atom. The number of unbranched alkanes of at least 4 members (excludes halogenated alkanes) is 1. The molecule has 7 nitrogen and oxygen atoms in total. The number of amides is 2. The molecule has 4 atom stereocenters. The van der Waals surface area contributed by atoms with Crippen LogP contribution in [0, 0.1) is 17.7 Å². The zero-order valence-electron chi connectivity index (χ0n) is 21.7. The fourth-order valence-electron chi connectivity index (χ4n) is 5.87. The van der Waals surface area contributed by atoms with Crippen LogP contribution in [0.4, 0.5) is 13.6 Å². The van der Waals surface area contributed by atoms with Gasteiger partial charge in [0.25, 0.3) is 0 Å². The van der Waals surface area contributed by atoms with E-state index in [1.54, 1.807) is 24.1 Å². The van der Waals surface area contributed by atoms with E-state index >= 15 is 4.39 Å². The van der Waals surface area contributed by atoms with Crippen LogP contribution in [0.3, 0.4) is 0 Å². The Kier molecular flexibility index (Phi) is 11.4. The molecule has 1 aliphatic heterocycles. The number of hydrogen-bond donors (Lipinski definition) is 4. The first-order valence-corrected chi connectivity index (χ1v) is 13.8. The fourth-order valence-corrected chi connectivity index (χ4v) is 6.05. The lowest BCUT2D eigenvalue weighted by Gasteiger charge is -2.43. The second kappa shape index (κ2) is 14.0. The molecule has 0 spiro atoms. The van der Waals surface area contributed by atoms with Crippen molar-refractivity contribution in [1.82, 2.24) is 10.2 Å². The number of ether oxygens (including phenoxy) is 1. The van der Waals surface area contributed by atoms with Crippen LogP contribution in [0.5, 0.6) is 0 Å². The molecule has 2 aliphatic rings. The third-order valence-electron chi connectivity index (χ3n) is 8.12. The molecule has 0 aromatic heterocycles. The van der Waals surface area contributed by atoms with Gasteiger partial charge in [-0.1, -0.05) is 23.7 Å². The van der Waals surface area contributed by atoms with Crippen LogP contribution in [0.15, 0.2) is 18.2 Å². The molecule has 37 heavy (non-hydrogen) atoms. The maximum absolute atomic E-state index is 15.1. The number of nitrogens with zero attached hydrogens (tertiary/aromatic N) is 1. The number of carbonyl (C=O) groups excluding carboxylic acids is 1. The second-order valence-corrected chi connectivity index (χ2v) is 11.0. The van der Waals surface area contributed by atoms with Crippen LogP contribution >= 0.6 is 11.6 Å². The molecular formula is C27H42ClF2N3O4. The predicted molar refractivity (Wildman–Crippen MR) is 140 cm³/mol. The molecule has 5 N–H and O–H groups in total. The summed E-state index contributed by atoms with van der Waals surface area (Å²) in [4.78, 5) is 14.8. The molecule has 1 aromatic carbocycles. The Bertz CT molecular complexity index is 874. The molecule has 0 bridgehead atoms. The average Bonchev–Trinajstić information content (AvgIpc) is 2.91. The number of benzene rings is 1. The Balaban J connectivity index is 1.72. The Labute approximate surface area is 223 Å². The highest BCUT2D eigenvalue weighted by Gasteiger charge is 2.43. The van der Waals surface area contributed by atoms with Crippen LogP contribution in [0.2, 0.25) is 5.02 Å². The summed E-state index contributed by atoms with van der Waals surface area (Å²) in [5.41, 5.74) is 4.52. The Morgan fingerprint density at radius 3 is 2.70 bits per heavy atom. The van der Waals surface area contributed by atoms with Crippen molar-refractivity contribution in [1.29, 1.82) is 0 Å². The molecule has 1 aromatic rings. The van der Waals surface area contributed by atoms with Crippen molar-refractivity contribution in [3.8, 4) is 0 Å². The standard InChI is InChI=1S/C27H42ClF2N3O4/c1-37-15-3-2-13-27(36,21-7-4-8-22(28)24(21)30)19-6-5-14-33(17-19)26(35)32-23(16-31)25(34)18-9-11-20(29)12-10-18/h4,7-8,18-20,23,25,34,36H,2-3,5-6,9-17,31H2,1H3,(H,32,35)/t18-,19-,20-,23-,25+,27+/m1/s1. The lowest BCUT2D eigenvalue weighted by Crippen LogP contribution is -2.57. The summed E-state index contributed by atoms with van der Waals surface area (Å²) in [5.74, 6) is -1.17. The van der Waals surface area contributed by atoms with E-state index in [-0.39, 0.29) is 35.6 Å². The van der Waals surface area contributed by atoms with E-state index in [1.807, 2.05) is 0 Å². The van der Waals surface area contributed by atoms with Gasteiger partial charge in [-0.05, 0) is 69.8 Å². The van der Waals surface area contributed by atoms with E-state index in [0.717, 1.165) is 0 Å². The highest BCUT2D eigenvalue weighted by molar-refractivity contribution is 6.30. The molecule has 1 saturated carbocycles. The molecular weight excluding hydrogens is 504 g/mol. The summed E-state index contributed by atoms with van der Waals surface area (Å²) in [7, 11) is 1.61. The smallest absolute Gasteiger partial charge is 0.317 e. The number of likely N-dealkylation sites (tertiary alicyclic amines) is 1. The first-order valence-electron chi connectivity index (χ1n) is 13.4. The fraction of sp³-hybridized carbons (Fsp3) is 0.741. The van der Waals surface area contributed by atoms with Crippen molar-refractivity contribution in [3.05, 3.63) is 34.6 Å². The summed E-state index contributed by atoms with van der Waals surface area (Å²) < 4.78 is 33.8. The number of aliphatic hydroxyl groups is 2. The topological polar surface area (TPSA) is 108 Å². The van der Waals surface area contributed by atoms with Crippen molar-refractivity contribution < 1.29 is 28.5 Å². The van der Waals surface area contributed by atoms with Crippen LogP contribution in [0.1, 0.15) is 63.4 Å². The van der Waals surface area contributed by atoms with Crippen molar-refractivity contribution in [2.75, 3.05) is 33.4 Å². The van der Waals surface area contributed by atoms with Crippen molar-refractivity contribution >= 4 is 17.6 Å². The molecule has 1 saturated heterocycles. The van der Waals surface area contributed by atoms with E-state index in [4.69, 9.17) is 22.1 Å². The second-order valence-electron chi connectivity index (χ2n) is 10.6. The van der Waals surface area contributed by atoms with Crippen molar-refractivity contribution in [3.63, 3.8) is 0 Å². The van der Waals surface area contributed by atoms with Crippen molar-refractivity contribution in [2.45, 2.75) is 81.7 Å². The minimum Gasteiger partial charge on any atom is -0.391 e. The molecule has 1 heterocycles. The quantitative estimate of drug-likeness (QED) is 0.313. The van der Waals surface area contributed by atoms with Gasteiger partial charge in [0.05, 0.1) is 22.8 Å². The highest BCUT2D eigenvalue weighted by atomic mass is 35.5. The summed E-state index contributed by atoms with van der Waals surface area (Å²) in [6.45, 7) is 1.28. The number of nitrogens with one attached hydrogen (secondary N) is 1. The van der Waals surface area contributed by atoms with Crippen LogP contribution in [-0.4, -0.2) is 72.8 Å². The molecule has 1 aliphatic carbocycles. The van der Waals surface area contributed by atoms with E-state index in [0.29, 0.717) is 70.9 Å². The van der Waals surface area contributed by atoms with Gasteiger partial charge in [0.1, 0.15) is 12.0 Å². The Morgan fingerprint density at radius 2 is 2.03 bits per heavy atom. The summed E-state index contributed by atoms with van der Waals surface area (Å²) in [6, 6.07) is 3.59. The van der Waals surface area contributed by atoms with Gasteiger partial charge in [-0.3, -0.25) is 0 Å². The first kappa shape index (κ1) is 30.0. The lowest BCUT2D eigenvalue weighted by molar-refractivity contribution is -0.0590. The number of methoxy groups -OCH3 is 1. The van der Waals surface area contributed by atoms with E-state index in [2.05, 4.69) is 5.32 Å². The number of halogens is 3. The van der Waals surface area contributed by atoms with Gasteiger partial charge in [0, 0.05) is 44.8 Å². The van der Waals surface area contributed by atoms with Crippen LogP contribution in [-0.2, 0) is 10.3 Å². The van der Waals surface area contributed by atoms with Crippen LogP contribution < -0.4 is 11.1 Å². The number of rotatable bonds is 11. The maximum atomic E-state index is 15.1. The van der Waals surface area contributed by atoms with E-state index in [1.165, 1.54) is 6.07 Å². The van der Waals surface area contributed by atoms with Crippen LogP contribution in [0.25, 0.3) is 0 Å². The number of hydrogen-bond acceptors (Lipinski definition) is 5. The Hall–Kier alpha value is -1.52. The number of piperidine rings is 1. The third-order valence-corrected chi connectivity index (χ3v) is 8.41. The monoisotopic (exact) mass is 545 g/mol. The average molecular weight is 546 g/mol. The maximum Gasteiger partial charge on any atom is 0.317 e. The zero-order valence-corrected chi connectivity index (χ0v) is 22.4. The summed E-state index contributed by atoms with van der Waals surface area (Å²) in [5, 5.41) is 25.6. The zero-order chi connectivity index (χ0) is 27.0. The van der Waals surface area contributed by atoms with Gasteiger partial charge in [-0.25, -0.2) is 13.6 Å². The minimum absolute atomic E-state index is 0.0525. The summed E-state index contributed by atoms with van der Waals surface area (Å²) in [6.07, 6.45) is 3.10. The molecule has 3 rings (SSSR count). The number of alkyl halides is 1. The van der Waals surface area contributed by atoms with Gasteiger partial charge in [0.2, 0.25) is 0 Å². The largest absolute Gasteiger partial charge is 0.391 e. The number of urea groups is 1. The van der Waals surface area contributed by atoms with Crippen molar-refractivity contribution in [2.24, 2.45) is 17.6 Å². The van der Waals surface area contributed by atoms with Gasteiger partial charge in [-0.2, -0.15) is 0 Å². The van der Waals surface area contributed by atoms with E-state index < -0.39 is 35.7 Å². The third kappa shape index (κ3) is 7.53. The molecule has 210 valence electrons. The minimum atomic E-state index is -1.51. The van der Waals surface area contributed by atoms with Gasteiger partial charge >= 0.3 is 6.03 Å². The van der Waals surface area contributed by atoms with E-state index in [9.17, 15) is 19.4 Å². The molecule has 0 unspecified atom stereocenters. The van der Waals surface area contributed by atoms with Gasteiger partial charge in [0.15, 0.2) is 0 Å². The molecule has 2 amide bonds. The first-order chi connectivity index (χ1) is 17.7.